The zero-order chi connectivity index (χ0) is 65.4. The van der Waals surface area contributed by atoms with Crippen LogP contribution >= 0.6 is 23.2 Å². The van der Waals surface area contributed by atoms with Crippen molar-refractivity contribution in [1.29, 1.82) is 0 Å². The summed E-state index contributed by atoms with van der Waals surface area (Å²) >= 11 is 13.0. The number of likely N-dealkylation sites (tertiary alicyclic amines) is 4. The second-order valence-electron chi connectivity index (χ2n) is 26.3. The number of hydrogen-bond acceptors (Lipinski definition) is 10. The van der Waals surface area contributed by atoms with E-state index in [9.17, 15) is 48.4 Å². The van der Waals surface area contributed by atoms with E-state index in [0.717, 1.165) is 68.0 Å². The van der Waals surface area contributed by atoms with Crippen molar-refractivity contribution >= 4 is 66.4 Å². The van der Waals surface area contributed by atoms with Crippen molar-refractivity contribution in [3.8, 4) is 0 Å². The summed E-state index contributed by atoms with van der Waals surface area (Å²) in [4.78, 5) is 36.4. The molecule has 0 radical (unpaired) electrons. The second-order valence-corrected chi connectivity index (χ2v) is 31.0. The van der Waals surface area contributed by atoms with Crippen molar-refractivity contribution in [1.82, 2.24) is 19.6 Å². The smallest absolute Gasteiger partial charge is 0.381 e. The van der Waals surface area contributed by atoms with Gasteiger partial charge >= 0.3 is 6.18 Å². The molecule has 6 saturated heterocycles. The fraction of sp³-hybridized carbons (Fsp3) is 0.606. The number of carbonyl (C=O) groups excluding carboxylic acids is 2. The van der Waals surface area contributed by atoms with Gasteiger partial charge in [0.15, 0.2) is 0 Å². The highest BCUT2D eigenvalue weighted by Crippen LogP contribution is 2.46. The molecule has 14 nitrogen and oxygen atoms in total. The van der Waals surface area contributed by atoms with Gasteiger partial charge in [-0.1, -0.05) is 35.3 Å². The van der Waals surface area contributed by atoms with E-state index >= 15 is 8.78 Å². The SMILES string of the molecule is Cc1cc(N(CC(F)(F)F)S(C)(=O)=O)c(C2CCN(C(=O)C3CN(C(C)C4CCOCC4)C[C@H]3c3ccc(F)cc3F)CC2)cc1Cl.Cc1cc(N(CC2CC2)S(C)(=O)=O)c(C2CCN(C(=O)C3CN(C4CCOCC4)C[C@H]3c3ccc(F)cc3F)CC2)cc1Cl. The van der Waals surface area contributed by atoms with Crippen LogP contribution in [0.2, 0.25) is 10.0 Å². The Balaban J connectivity index is 0.000000200. The van der Waals surface area contributed by atoms with Crippen LogP contribution in [0.15, 0.2) is 60.7 Å². The van der Waals surface area contributed by atoms with Crippen LogP contribution < -0.4 is 8.61 Å². The largest absolute Gasteiger partial charge is 0.407 e. The highest BCUT2D eigenvalue weighted by atomic mass is 35.5. The number of ether oxygens (including phenoxy) is 2. The Bertz CT molecular complexity index is 3510. The lowest BCUT2D eigenvalue weighted by atomic mass is 9.85. The van der Waals surface area contributed by atoms with Crippen LogP contribution in [0.3, 0.4) is 0 Å². The minimum atomic E-state index is -4.78. The van der Waals surface area contributed by atoms with Crippen LogP contribution in [0.4, 0.5) is 42.1 Å². The molecule has 0 bridgehead atoms. The summed E-state index contributed by atoms with van der Waals surface area (Å²) in [5.41, 5.74) is 3.88. The molecule has 2 amide bonds. The first-order valence-corrected chi connectivity index (χ1v) is 36.2. The summed E-state index contributed by atoms with van der Waals surface area (Å²) in [6.07, 6.45) is 4.90. The molecule has 91 heavy (non-hydrogen) atoms. The van der Waals surface area contributed by atoms with Gasteiger partial charge in [-0.3, -0.25) is 28.0 Å². The lowest BCUT2D eigenvalue weighted by Crippen LogP contribution is -2.44. The van der Waals surface area contributed by atoms with Crippen LogP contribution in [0, 0.1) is 60.8 Å². The summed E-state index contributed by atoms with van der Waals surface area (Å²) in [6.45, 7) is 10.6. The number of benzene rings is 4. The normalized spacial score (nSPS) is 23.5. The van der Waals surface area contributed by atoms with E-state index in [4.69, 9.17) is 32.7 Å². The molecule has 500 valence electrons. The molecule has 0 N–H and O–H groups in total. The molecule has 5 atom stereocenters. The van der Waals surface area contributed by atoms with Gasteiger partial charge in [-0.25, -0.2) is 34.4 Å². The molecular weight excluding hydrogens is 1270 g/mol. The Morgan fingerprint density at radius 2 is 1.02 bits per heavy atom. The van der Waals surface area contributed by atoms with Crippen molar-refractivity contribution in [2.24, 2.45) is 23.7 Å². The maximum atomic E-state index is 15.1. The Morgan fingerprint density at radius 1 is 0.582 bits per heavy atom. The van der Waals surface area contributed by atoms with Gasteiger partial charge in [0.1, 0.15) is 29.8 Å². The molecule has 1 saturated carbocycles. The molecule has 11 rings (SSSR count). The third-order valence-electron chi connectivity index (χ3n) is 20.2. The van der Waals surface area contributed by atoms with Gasteiger partial charge in [-0.2, -0.15) is 13.2 Å². The Labute approximate surface area is 540 Å². The van der Waals surface area contributed by atoms with E-state index in [1.807, 2.05) is 24.0 Å². The van der Waals surface area contributed by atoms with Crippen molar-refractivity contribution in [2.45, 2.75) is 127 Å². The minimum absolute atomic E-state index is 0.000363. The summed E-state index contributed by atoms with van der Waals surface area (Å²) in [6, 6.07) is 14.3. The molecule has 4 aromatic carbocycles. The molecule has 6 aliphatic heterocycles. The quantitative estimate of drug-likeness (QED) is 0.0996. The van der Waals surface area contributed by atoms with E-state index in [2.05, 4.69) is 16.7 Å². The summed E-state index contributed by atoms with van der Waals surface area (Å²) < 4.78 is 162. The number of rotatable bonds is 16. The molecule has 1 aliphatic carbocycles. The first-order chi connectivity index (χ1) is 43.0. The van der Waals surface area contributed by atoms with Gasteiger partial charge in [-0.15, -0.1) is 0 Å². The van der Waals surface area contributed by atoms with Crippen LogP contribution in [0.5, 0.6) is 0 Å². The van der Waals surface area contributed by atoms with E-state index < -0.39 is 73.8 Å². The molecule has 25 heteroatoms. The summed E-state index contributed by atoms with van der Waals surface area (Å²) in [5, 5.41) is 0.905. The van der Waals surface area contributed by atoms with Crippen LogP contribution in [0.25, 0.3) is 0 Å². The number of halogens is 9. The highest BCUT2D eigenvalue weighted by molar-refractivity contribution is 7.92. The first-order valence-electron chi connectivity index (χ1n) is 31.8. The van der Waals surface area contributed by atoms with E-state index in [1.54, 1.807) is 16.1 Å². The van der Waals surface area contributed by atoms with Gasteiger partial charge in [0.2, 0.25) is 31.9 Å². The van der Waals surface area contributed by atoms with Gasteiger partial charge in [0.05, 0.1) is 35.7 Å². The molecular formula is C66H83Cl2F7N6O8S2. The minimum Gasteiger partial charge on any atom is -0.381 e. The predicted octanol–water partition coefficient (Wildman–Crippen LogP) is 12.2. The Hall–Kier alpha value is -4.75. The molecule has 0 aromatic heterocycles. The molecule has 3 unspecified atom stereocenters. The van der Waals surface area contributed by atoms with Crippen molar-refractivity contribution in [2.75, 3.05) is 113 Å². The number of anilines is 2. The maximum Gasteiger partial charge on any atom is 0.407 e. The molecule has 7 aliphatic rings. The zero-order valence-corrected chi connectivity index (χ0v) is 55.3. The van der Waals surface area contributed by atoms with Crippen molar-refractivity contribution < 1.29 is 66.6 Å². The topological polar surface area (TPSA) is 140 Å². The van der Waals surface area contributed by atoms with Gasteiger partial charge in [0.25, 0.3) is 0 Å². The van der Waals surface area contributed by atoms with Crippen LogP contribution in [-0.4, -0.2) is 171 Å². The van der Waals surface area contributed by atoms with Crippen molar-refractivity contribution in [3.63, 3.8) is 0 Å². The fourth-order valence-electron chi connectivity index (χ4n) is 14.8. The van der Waals surface area contributed by atoms with E-state index in [-0.39, 0.29) is 60.4 Å². The van der Waals surface area contributed by atoms with Gasteiger partial charge in [0, 0.05) is 131 Å². The number of alkyl halides is 3. The zero-order valence-electron chi connectivity index (χ0n) is 52.2. The summed E-state index contributed by atoms with van der Waals surface area (Å²) in [7, 11) is -7.79. The highest BCUT2D eigenvalue weighted by Gasteiger charge is 2.47. The number of hydrogen-bond donors (Lipinski definition) is 0. The number of aryl methyl sites for hydroxylation is 2. The number of sulfonamides is 2. The third kappa shape index (κ3) is 16.5. The van der Waals surface area contributed by atoms with Crippen LogP contribution in [0.1, 0.15) is 128 Å². The number of amides is 2. The standard InChI is InChI=1S/C33H41ClF5N3O4S.C33H42ClF2N3O4S/c1-20-14-31(42(47(3,44)45)19-33(37,38)39)26(16-29(20)34)23-6-10-40(11-7-23)32(43)28-18-41(21(2)22-8-12-46-13-9-22)17-27(28)25-5-4-24(35)15-30(25)36;1-21-15-32(39(44(2,41)42)18-22-3-4-22)27(17-30(21)34)23-7-11-37(12-8-23)33(40)29-20-38(25-9-13-43-14-10-25)19-28(29)26-6-5-24(35)16-31(26)36/h4-5,14-16,21-23,27-28H,6-13,17-19H2,1-3H3;5-6,15-17,22-23,25,28-29H,3-4,7-14,18-20H2,1-2H3/t21?,27-,28?;28-,29?/m00/s1. The second kappa shape index (κ2) is 28.7. The third-order valence-corrected chi connectivity index (χ3v) is 23.3. The first kappa shape index (κ1) is 69.1. The monoisotopic (exact) mass is 1350 g/mol. The summed E-state index contributed by atoms with van der Waals surface area (Å²) in [5.74, 6) is -4.21. The lowest BCUT2D eigenvalue weighted by molar-refractivity contribution is -0.137. The van der Waals surface area contributed by atoms with Crippen LogP contribution in [-0.2, 0) is 39.1 Å². The average Bonchev–Trinajstić information content (AvgIpc) is 2.20. The van der Waals surface area contributed by atoms with E-state index in [0.29, 0.717) is 152 Å². The number of piperidine rings is 2. The van der Waals surface area contributed by atoms with Crippen molar-refractivity contribution in [3.05, 3.63) is 127 Å². The number of carbonyl (C=O) groups is 2. The molecule has 4 aromatic rings. The fourth-order valence-corrected chi connectivity index (χ4v) is 17.0. The van der Waals surface area contributed by atoms with Gasteiger partial charge in [-0.05, 0) is 178 Å². The van der Waals surface area contributed by atoms with E-state index in [1.165, 1.54) is 42.7 Å². The lowest BCUT2D eigenvalue weighted by Gasteiger charge is -2.37. The Morgan fingerprint density at radius 3 is 1.46 bits per heavy atom. The molecule has 0 spiro atoms. The maximum absolute atomic E-state index is 15.1. The predicted molar refractivity (Wildman–Crippen MR) is 338 cm³/mol. The Kier molecular flexibility index (Phi) is 21.8. The molecule has 6 heterocycles. The number of nitrogens with zero attached hydrogens (tertiary/aromatic N) is 6. The molecule has 7 fully saturated rings. The average molecular weight is 1360 g/mol. The van der Waals surface area contributed by atoms with Gasteiger partial charge < -0.3 is 19.3 Å².